The van der Waals surface area contributed by atoms with Gasteiger partial charge in [-0.15, -0.1) is 0 Å². The number of hydrogen-bond donors (Lipinski definition) is 0. The van der Waals surface area contributed by atoms with E-state index in [2.05, 4.69) is 191 Å². The Bertz CT molecular complexity index is 3760. The van der Waals surface area contributed by atoms with Crippen LogP contribution in [-0.2, 0) is 0 Å². The van der Waals surface area contributed by atoms with Gasteiger partial charge in [0.15, 0.2) is 5.82 Å². The summed E-state index contributed by atoms with van der Waals surface area (Å²) in [5.74, 6) is 0.715. The molecule has 4 heterocycles. The summed E-state index contributed by atoms with van der Waals surface area (Å²) in [6, 6.07) is 65.8. The van der Waals surface area contributed by atoms with Gasteiger partial charge in [-0.1, -0.05) is 127 Å². The molecule has 0 aliphatic carbocycles. The van der Waals surface area contributed by atoms with Crippen molar-refractivity contribution in [3.05, 3.63) is 182 Å². The molecule has 4 nitrogen and oxygen atoms in total. The lowest BCUT2D eigenvalue weighted by atomic mass is 10.00. The Labute approximate surface area is 320 Å². The van der Waals surface area contributed by atoms with Crippen molar-refractivity contribution in [2.24, 2.45) is 0 Å². The fourth-order valence-corrected chi connectivity index (χ4v) is 9.56. The van der Waals surface area contributed by atoms with E-state index in [4.69, 9.17) is 9.97 Å². The van der Waals surface area contributed by atoms with E-state index in [0.717, 1.165) is 33.4 Å². The van der Waals surface area contributed by atoms with Crippen LogP contribution in [0.3, 0.4) is 0 Å². The lowest BCUT2D eigenvalue weighted by molar-refractivity contribution is 1.18. The van der Waals surface area contributed by atoms with Crippen LogP contribution in [0, 0.1) is 0 Å². The highest BCUT2D eigenvalue weighted by molar-refractivity contribution is 6.37. The van der Waals surface area contributed by atoms with Crippen molar-refractivity contribution in [2.75, 3.05) is 0 Å². The number of nitrogens with zero attached hydrogens (tertiary/aromatic N) is 4. The third-order valence-electron chi connectivity index (χ3n) is 12.0. The van der Waals surface area contributed by atoms with E-state index >= 15 is 0 Å². The third kappa shape index (κ3) is 3.97. The second kappa shape index (κ2) is 11.0. The van der Waals surface area contributed by atoms with Crippen LogP contribution in [-0.4, -0.2) is 18.9 Å². The predicted molar refractivity (Wildman–Crippen MR) is 234 cm³/mol. The topological polar surface area (TPSA) is 35.1 Å². The van der Waals surface area contributed by atoms with E-state index in [1.807, 2.05) is 0 Å². The number of hydrogen-bond acceptors (Lipinski definition) is 2. The summed E-state index contributed by atoms with van der Waals surface area (Å²) in [6.45, 7) is 0. The molecule has 13 rings (SSSR count). The molecule has 0 saturated carbocycles. The number of rotatable bonds is 3. The van der Waals surface area contributed by atoms with Gasteiger partial charge in [0, 0.05) is 59.9 Å². The van der Waals surface area contributed by atoms with Crippen LogP contribution in [0.1, 0.15) is 0 Å². The summed E-state index contributed by atoms with van der Waals surface area (Å²) < 4.78 is 4.96. The molecule has 0 spiro atoms. The van der Waals surface area contributed by atoms with Crippen molar-refractivity contribution in [3.8, 4) is 28.3 Å². The Morgan fingerprint density at radius 1 is 0.357 bits per heavy atom. The molecule has 0 amide bonds. The van der Waals surface area contributed by atoms with Gasteiger partial charge in [0.25, 0.3) is 0 Å². The standard InChI is InChI=1S/C52H30N4/c1-2-13-34-29-35(22-21-31(34)11-1)49-39-16-5-8-18-43(39)53-52(54-49)33-23-26-36(27-24-33)55-45-20-10-7-17-40(45)47-46(55)30-42-38-15-6-9-19-44(38)56-50-37-14-4-3-12-32(37)25-28-41(50)48(47)51(42)56/h1-30H. The molecule has 4 heteroatoms. The van der Waals surface area contributed by atoms with Crippen LogP contribution in [0.5, 0.6) is 0 Å². The molecule has 0 radical (unpaired) electrons. The van der Waals surface area contributed by atoms with Crippen molar-refractivity contribution in [1.82, 2.24) is 18.9 Å². The SMILES string of the molecule is c1ccc2cc(-c3nc(-c4ccc(-n5c6ccccc6c6c7c8ccc9ccccc9c8n8c9ccccc9c(cc65)c78)cc4)nc4ccccc34)ccc2c1. The highest BCUT2D eigenvalue weighted by Crippen LogP contribution is 2.48. The summed E-state index contributed by atoms with van der Waals surface area (Å²) in [5.41, 5.74) is 11.2. The molecular weight excluding hydrogens is 681 g/mol. The Morgan fingerprint density at radius 2 is 1.02 bits per heavy atom. The van der Waals surface area contributed by atoms with Gasteiger partial charge in [-0.3, -0.25) is 0 Å². The maximum atomic E-state index is 5.25. The highest BCUT2D eigenvalue weighted by Gasteiger charge is 2.25. The molecule has 0 fully saturated rings. The van der Waals surface area contributed by atoms with Gasteiger partial charge in [-0.2, -0.15) is 0 Å². The zero-order valence-corrected chi connectivity index (χ0v) is 30.1. The average Bonchev–Trinajstić information content (AvgIpc) is 3.90. The fourth-order valence-electron chi connectivity index (χ4n) is 9.56. The smallest absolute Gasteiger partial charge is 0.160 e. The number of benzene rings is 9. The van der Waals surface area contributed by atoms with Gasteiger partial charge in [0.05, 0.1) is 38.8 Å². The molecule has 0 aliphatic rings. The van der Waals surface area contributed by atoms with Crippen LogP contribution >= 0.6 is 0 Å². The first-order valence-electron chi connectivity index (χ1n) is 19.2. The molecule has 0 saturated heterocycles. The average molecular weight is 711 g/mol. The molecule has 0 N–H and O–H groups in total. The lowest BCUT2D eigenvalue weighted by Gasteiger charge is -2.12. The minimum atomic E-state index is 0.715. The van der Waals surface area contributed by atoms with E-state index in [-0.39, 0.29) is 0 Å². The summed E-state index contributed by atoms with van der Waals surface area (Å²) in [7, 11) is 0. The second-order valence-corrected chi connectivity index (χ2v) is 15.0. The molecule has 0 aliphatic heterocycles. The van der Waals surface area contributed by atoms with Gasteiger partial charge in [-0.05, 0) is 70.8 Å². The molecule has 9 aromatic carbocycles. The first-order chi connectivity index (χ1) is 27.8. The van der Waals surface area contributed by atoms with E-state index in [9.17, 15) is 0 Å². The molecule has 4 aromatic heterocycles. The molecule has 56 heavy (non-hydrogen) atoms. The van der Waals surface area contributed by atoms with Crippen molar-refractivity contribution >= 4 is 92.3 Å². The van der Waals surface area contributed by atoms with E-state index in [1.165, 1.54) is 81.4 Å². The molecule has 0 unspecified atom stereocenters. The summed E-state index contributed by atoms with van der Waals surface area (Å²) in [5, 5.41) is 13.7. The van der Waals surface area contributed by atoms with Crippen molar-refractivity contribution in [3.63, 3.8) is 0 Å². The van der Waals surface area contributed by atoms with Crippen LogP contribution in [0.4, 0.5) is 0 Å². The molecule has 13 aromatic rings. The zero-order valence-electron chi connectivity index (χ0n) is 30.1. The van der Waals surface area contributed by atoms with E-state index in [0.29, 0.717) is 5.82 Å². The number of aromatic nitrogens is 4. The Hall–Kier alpha value is -7.56. The second-order valence-electron chi connectivity index (χ2n) is 15.0. The quantitative estimate of drug-likeness (QED) is 0.183. The molecule has 0 bridgehead atoms. The van der Waals surface area contributed by atoms with Crippen LogP contribution in [0.15, 0.2) is 182 Å². The third-order valence-corrected chi connectivity index (χ3v) is 12.0. The van der Waals surface area contributed by atoms with Gasteiger partial charge < -0.3 is 8.97 Å². The zero-order chi connectivity index (χ0) is 36.5. The Kier molecular flexibility index (Phi) is 5.86. The monoisotopic (exact) mass is 710 g/mol. The Balaban J connectivity index is 1.05. The van der Waals surface area contributed by atoms with Crippen molar-refractivity contribution in [1.29, 1.82) is 0 Å². The van der Waals surface area contributed by atoms with E-state index < -0.39 is 0 Å². The first-order valence-corrected chi connectivity index (χ1v) is 19.2. The Morgan fingerprint density at radius 3 is 1.88 bits per heavy atom. The number of fused-ring (bicyclic) bond motifs is 14. The van der Waals surface area contributed by atoms with Gasteiger partial charge in [0.1, 0.15) is 0 Å². The van der Waals surface area contributed by atoms with Gasteiger partial charge in [-0.25, -0.2) is 9.97 Å². The van der Waals surface area contributed by atoms with Gasteiger partial charge >= 0.3 is 0 Å². The van der Waals surface area contributed by atoms with Crippen LogP contribution in [0.25, 0.3) is 121 Å². The van der Waals surface area contributed by atoms with Crippen LogP contribution < -0.4 is 0 Å². The maximum Gasteiger partial charge on any atom is 0.160 e. The maximum absolute atomic E-state index is 5.25. The largest absolute Gasteiger partial charge is 0.309 e. The fraction of sp³-hybridized carbons (Fsp3) is 0. The summed E-state index contributed by atoms with van der Waals surface area (Å²) >= 11 is 0. The van der Waals surface area contributed by atoms with E-state index in [1.54, 1.807) is 0 Å². The lowest BCUT2D eigenvalue weighted by Crippen LogP contribution is -1.97. The van der Waals surface area contributed by atoms with Crippen molar-refractivity contribution in [2.45, 2.75) is 0 Å². The minimum absolute atomic E-state index is 0.715. The van der Waals surface area contributed by atoms with Crippen molar-refractivity contribution < 1.29 is 0 Å². The molecular formula is C52H30N4. The summed E-state index contributed by atoms with van der Waals surface area (Å²) in [6.07, 6.45) is 0. The predicted octanol–water partition coefficient (Wildman–Crippen LogP) is 13.5. The summed E-state index contributed by atoms with van der Waals surface area (Å²) in [4.78, 5) is 10.3. The minimum Gasteiger partial charge on any atom is -0.309 e. The van der Waals surface area contributed by atoms with Crippen LogP contribution in [0.2, 0.25) is 0 Å². The highest BCUT2D eigenvalue weighted by atomic mass is 15.0. The number of para-hydroxylation sites is 3. The molecule has 0 atom stereocenters. The molecule has 258 valence electrons. The normalized spacial score (nSPS) is 12.3. The van der Waals surface area contributed by atoms with Gasteiger partial charge in [0.2, 0.25) is 0 Å². The first kappa shape index (κ1) is 29.8.